The molecule has 1 aromatic carbocycles. The van der Waals surface area contributed by atoms with E-state index in [-0.39, 0.29) is 16.4 Å². The third-order valence-corrected chi connectivity index (χ3v) is 6.15. The molecule has 2 aromatic rings. The Morgan fingerprint density at radius 2 is 2.00 bits per heavy atom. The maximum absolute atomic E-state index is 11.8. The molecule has 8 heteroatoms. The molecule has 1 aromatic heterocycles. The summed E-state index contributed by atoms with van der Waals surface area (Å²) in [6.45, 7) is 0. The van der Waals surface area contributed by atoms with Gasteiger partial charge in [0.05, 0.1) is 23.3 Å². The highest BCUT2D eigenvalue weighted by molar-refractivity contribution is 8.15. The Hall–Kier alpha value is -2.45. The van der Waals surface area contributed by atoms with Gasteiger partial charge in [-0.15, -0.1) is 0 Å². The quantitative estimate of drug-likeness (QED) is 0.711. The third kappa shape index (κ3) is 4.51. The molecule has 2 heterocycles. The number of benzene rings is 1. The van der Waals surface area contributed by atoms with Crippen molar-refractivity contribution in [1.29, 1.82) is 0 Å². The number of nitrogens with one attached hydrogen (secondary N) is 2. The van der Waals surface area contributed by atoms with Crippen LogP contribution in [0.3, 0.4) is 0 Å². The minimum absolute atomic E-state index is 0.224. The fourth-order valence-electron chi connectivity index (χ4n) is 3.65. The highest BCUT2D eigenvalue weighted by Gasteiger charge is 2.31. The van der Waals surface area contributed by atoms with Gasteiger partial charge in [0.1, 0.15) is 5.82 Å². The number of nitrogens with zero attached hydrogens (tertiary/aromatic N) is 2. The van der Waals surface area contributed by atoms with Crippen LogP contribution in [-0.4, -0.2) is 38.4 Å². The van der Waals surface area contributed by atoms with Crippen molar-refractivity contribution in [2.24, 2.45) is 5.73 Å². The van der Waals surface area contributed by atoms with Crippen LogP contribution < -0.4 is 16.4 Å². The molecule has 0 bridgehead atoms. The normalized spacial score (nSPS) is 24.8. The van der Waals surface area contributed by atoms with E-state index >= 15 is 0 Å². The lowest BCUT2D eigenvalue weighted by Gasteiger charge is -2.27. The molecule has 1 unspecified atom stereocenters. The van der Waals surface area contributed by atoms with Crippen LogP contribution in [0, 0.1) is 0 Å². The topological polar surface area (TPSA) is 110 Å². The summed E-state index contributed by atoms with van der Waals surface area (Å²) in [5.41, 5.74) is 8.68. The highest BCUT2D eigenvalue weighted by Crippen LogP contribution is 2.26. The Labute approximate surface area is 167 Å². The molecule has 0 spiro atoms. The SMILES string of the molecule is NC1CCC(Nc2cncc(-c3cccc(CC4SC(=O)NC4=O)c3)n2)CC1. The molecule has 1 atom stereocenters. The van der Waals surface area contributed by atoms with Gasteiger partial charge in [0, 0.05) is 17.6 Å². The van der Waals surface area contributed by atoms with Crippen molar-refractivity contribution in [2.75, 3.05) is 5.32 Å². The molecular weight excluding hydrogens is 374 g/mol. The number of rotatable bonds is 5. The van der Waals surface area contributed by atoms with Crippen LogP contribution in [0.5, 0.6) is 0 Å². The number of hydrogen-bond donors (Lipinski definition) is 3. The van der Waals surface area contributed by atoms with Gasteiger partial charge in [-0.1, -0.05) is 30.0 Å². The number of nitrogens with two attached hydrogens (primary N) is 1. The van der Waals surface area contributed by atoms with E-state index in [2.05, 4.69) is 15.6 Å². The predicted octanol–water partition coefficient (Wildman–Crippen LogP) is 2.72. The summed E-state index contributed by atoms with van der Waals surface area (Å²) in [7, 11) is 0. The molecule has 4 rings (SSSR count). The summed E-state index contributed by atoms with van der Waals surface area (Å²) >= 11 is 1.05. The van der Waals surface area contributed by atoms with Gasteiger partial charge in [0.2, 0.25) is 5.91 Å². The van der Waals surface area contributed by atoms with Crippen molar-refractivity contribution < 1.29 is 9.59 Å². The first kappa shape index (κ1) is 18.9. The second-order valence-electron chi connectivity index (χ2n) is 7.33. The lowest BCUT2D eigenvalue weighted by atomic mass is 9.92. The molecule has 2 aliphatic rings. The summed E-state index contributed by atoms with van der Waals surface area (Å²) in [6, 6.07) is 8.57. The average molecular weight is 398 g/mol. The van der Waals surface area contributed by atoms with Crippen molar-refractivity contribution in [3.8, 4) is 11.3 Å². The number of aromatic nitrogens is 2. The zero-order valence-corrected chi connectivity index (χ0v) is 16.2. The standard InChI is InChI=1S/C20H23N5O2S/c21-14-4-6-15(7-5-14)23-18-11-22-10-16(24-18)13-3-1-2-12(8-13)9-17-19(26)25-20(27)28-17/h1-3,8,10-11,14-15,17H,4-7,9,21H2,(H,23,24)(H,25,26,27). The van der Waals surface area contributed by atoms with Gasteiger partial charge in [-0.3, -0.25) is 19.9 Å². The molecule has 1 aliphatic carbocycles. The maximum Gasteiger partial charge on any atom is 0.286 e. The Balaban J connectivity index is 1.47. The van der Waals surface area contributed by atoms with E-state index in [1.54, 1.807) is 12.4 Å². The summed E-state index contributed by atoms with van der Waals surface area (Å²) in [5, 5.41) is 5.15. The van der Waals surface area contributed by atoms with Crippen LogP contribution in [0.4, 0.5) is 10.6 Å². The smallest absolute Gasteiger partial charge is 0.286 e. The molecule has 1 saturated heterocycles. The van der Waals surface area contributed by atoms with Crippen LogP contribution in [-0.2, 0) is 11.2 Å². The van der Waals surface area contributed by atoms with Gasteiger partial charge < -0.3 is 11.1 Å². The van der Waals surface area contributed by atoms with Crippen molar-refractivity contribution in [3.63, 3.8) is 0 Å². The Kier molecular flexibility index (Phi) is 5.59. The van der Waals surface area contributed by atoms with E-state index in [9.17, 15) is 9.59 Å². The van der Waals surface area contributed by atoms with Crippen LogP contribution in [0.2, 0.25) is 0 Å². The van der Waals surface area contributed by atoms with Gasteiger partial charge in [-0.05, 0) is 43.7 Å². The number of carbonyl (C=O) groups excluding carboxylic acids is 2. The Morgan fingerprint density at radius 3 is 2.75 bits per heavy atom. The molecule has 1 saturated carbocycles. The zero-order valence-electron chi connectivity index (χ0n) is 15.4. The summed E-state index contributed by atoms with van der Waals surface area (Å²) < 4.78 is 0. The van der Waals surface area contributed by atoms with Gasteiger partial charge in [0.15, 0.2) is 0 Å². The Morgan fingerprint density at radius 1 is 1.18 bits per heavy atom. The van der Waals surface area contributed by atoms with Crippen LogP contribution in [0.25, 0.3) is 11.3 Å². The molecule has 2 fully saturated rings. The number of hydrogen-bond acceptors (Lipinski definition) is 7. The minimum atomic E-state index is -0.375. The fraction of sp³-hybridized carbons (Fsp3) is 0.400. The van der Waals surface area contributed by atoms with Crippen molar-refractivity contribution >= 4 is 28.7 Å². The van der Waals surface area contributed by atoms with E-state index in [1.807, 2.05) is 24.3 Å². The second-order valence-corrected chi connectivity index (χ2v) is 8.51. The molecule has 146 valence electrons. The third-order valence-electron chi connectivity index (χ3n) is 5.17. The minimum Gasteiger partial charge on any atom is -0.366 e. The van der Waals surface area contributed by atoms with E-state index in [0.29, 0.717) is 18.5 Å². The summed E-state index contributed by atoms with van der Waals surface area (Å²) in [6.07, 6.45) is 8.13. The van der Waals surface area contributed by atoms with Gasteiger partial charge in [-0.2, -0.15) is 0 Å². The van der Waals surface area contributed by atoms with Crippen LogP contribution >= 0.6 is 11.8 Å². The molecule has 2 amide bonds. The first-order valence-corrected chi connectivity index (χ1v) is 10.4. The first-order chi connectivity index (χ1) is 13.6. The van der Waals surface area contributed by atoms with E-state index in [1.165, 1.54) is 0 Å². The summed E-state index contributed by atoms with van der Waals surface area (Å²) in [5.74, 6) is 0.540. The molecule has 7 nitrogen and oxygen atoms in total. The van der Waals surface area contributed by atoms with Crippen LogP contribution in [0.15, 0.2) is 36.7 Å². The molecule has 4 N–H and O–H groups in total. The van der Waals surface area contributed by atoms with Gasteiger partial charge >= 0.3 is 0 Å². The number of amides is 2. The highest BCUT2D eigenvalue weighted by atomic mass is 32.2. The molecule has 0 radical (unpaired) electrons. The lowest BCUT2D eigenvalue weighted by Crippen LogP contribution is -2.33. The molecule has 28 heavy (non-hydrogen) atoms. The van der Waals surface area contributed by atoms with Gasteiger partial charge in [-0.25, -0.2) is 4.98 Å². The lowest BCUT2D eigenvalue weighted by molar-refractivity contribution is -0.118. The molecular formula is C20H23N5O2S. The first-order valence-electron chi connectivity index (χ1n) is 9.52. The predicted molar refractivity (Wildman–Crippen MR) is 110 cm³/mol. The second kappa shape index (κ2) is 8.28. The van der Waals surface area contributed by atoms with Crippen molar-refractivity contribution in [2.45, 2.75) is 49.4 Å². The van der Waals surface area contributed by atoms with E-state index in [4.69, 9.17) is 10.7 Å². The number of carbonyl (C=O) groups is 2. The van der Waals surface area contributed by atoms with Gasteiger partial charge in [0.25, 0.3) is 5.24 Å². The average Bonchev–Trinajstić information content (AvgIpc) is 3.01. The number of imide groups is 1. The number of thioether (sulfide) groups is 1. The zero-order chi connectivity index (χ0) is 19.5. The monoisotopic (exact) mass is 397 g/mol. The van der Waals surface area contributed by atoms with Crippen molar-refractivity contribution in [1.82, 2.24) is 15.3 Å². The molecule has 1 aliphatic heterocycles. The fourth-order valence-corrected chi connectivity index (χ4v) is 4.51. The number of anilines is 1. The Bertz CT molecular complexity index is 882. The van der Waals surface area contributed by atoms with Crippen LogP contribution in [0.1, 0.15) is 31.2 Å². The van der Waals surface area contributed by atoms with Crippen molar-refractivity contribution in [3.05, 3.63) is 42.2 Å². The maximum atomic E-state index is 11.8. The largest absolute Gasteiger partial charge is 0.366 e. The summed E-state index contributed by atoms with van der Waals surface area (Å²) in [4.78, 5) is 32.2. The van der Waals surface area contributed by atoms with E-state index in [0.717, 1.165) is 60.1 Å². The van der Waals surface area contributed by atoms with E-state index < -0.39 is 0 Å².